The SMILES string of the molecule is CCOc1ccccc1N1CC[NH+](CC(=O)NC(CC)CC)CC1. The molecule has 0 spiro atoms. The van der Waals surface area contributed by atoms with Gasteiger partial charge in [0, 0.05) is 6.04 Å². The summed E-state index contributed by atoms with van der Waals surface area (Å²) in [6.07, 6.45) is 2.00. The quantitative estimate of drug-likeness (QED) is 0.748. The highest BCUT2D eigenvalue weighted by Gasteiger charge is 2.24. The number of nitrogens with one attached hydrogen (secondary N) is 2. The maximum absolute atomic E-state index is 12.2. The lowest BCUT2D eigenvalue weighted by molar-refractivity contribution is -0.892. The zero-order chi connectivity index (χ0) is 17.4. The highest BCUT2D eigenvalue weighted by molar-refractivity contribution is 5.77. The van der Waals surface area contributed by atoms with Gasteiger partial charge in [0.05, 0.1) is 38.5 Å². The maximum Gasteiger partial charge on any atom is 0.275 e. The van der Waals surface area contributed by atoms with Crippen molar-refractivity contribution in [3.05, 3.63) is 24.3 Å². The van der Waals surface area contributed by atoms with Gasteiger partial charge in [0.1, 0.15) is 5.75 Å². The minimum atomic E-state index is 0.182. The molecule has 0 saturated carbocycles. The number of ether oxygens (including phenoxy) is 1. The summed E-state index contributed by atoms with van der Waals surface area (Å²) in [6.45, 7) is 11.4. The zero-order valence-electron chi connectivity index (χ0n) is 15.3. The summed E-state index contributed by atoms with van der Waals surface area (Å²) in [5, 5.41) is 3.14. The van der Waals surface area contributed by atoms with Crippen molar-refractivity contribution in [2.24, 2.45) is 0 Å². The van der Waals surface area contributed by atoms with Crippen LogP contribution in [0, 0.1) is 0 Å². The van der Waals surface area contributed by atoms with Gasteiger partial charge in [0.25, 0.3) is 5.91 Å². The molecule has 0 radical (unpaired) electrons. The normalized spacial score (nSPS) is 15.6. The van der Waals surface area contributed by atoms with Gasteiger partial charge in [-0.05, 0) is 31.9 Å². The number of carbonyl (C=O) groups excluding carboxylic acids is 1. The van der Waals surface area contributed by atoms with Crippen molar-refractivity contribution in [3.63, 3.8) is 0 Å². The summed E-state index contributed by atoms with van der Waals surface area (Å²) < 4.78 is 5.74. The lowest BCUT2D eigenvalue weighted by Crippen LogP contribution is -3.16. The van der Waals surface area contributed by atoms with Crippen molar-refractivity contribution in [3.8, 4) is 5.75 Å². The molecule has 0 aliphatic carbocycles. The second kappa shape index (κ2) is 9.52. The van der Waals surface area contributed by atoms with E-state index in [-0.39, 0.29) is 5.91 Å². The molecule has 134 valence electrons. The van der Waals surface area contributed by atoms with E-state index in [1.165, 1.54) is 10.6 Å². The Morgan fingerprint density at radius 2 is 1.88 bits per heavy atom. The Labute approximate surface area is 146 Å². The van der Waals surface area contributed by atoms with Crippen LogP contribution in [0.3, 0.4) is 0 Å². The lowest BCUT2D eigenvalue weighted by atomic mass is 10.2. The molecule has 0 aromatic heterocycles. The Kier molecular flexibility index (Phi) is 7.37. The molecule has 1 aromatic rings. The van der Waals surface area contributed by atoms with E-state index in [9.17, 15) is 4.79 Å². The molecule has 1 fully saturated rings. The van der Waals surface area contributed by atoms with Crippen molar-refractivity contribution < 1.29 is 14.4 Å². The topological polar surface area (TPSA) is 46.0 Å². The van der Waals surface area contributed by atoms with Gasteiger partial charge in [-0.2, -0.15) is 0 Å². The molecule has 1 aliphatic rings. The third kappa shape index (κ3) is 5.13. The van der Waals surface area contributed by atoms with Crippen LogP contribution in [0.2, 0.25) is 0 Å². The first-order chi connectivity index (χ1) is 11.7. The molecule has 0 atom stereocenters. The van der Waals surface area contributed by atoms with Crippen LogP contribution >= 0.6 is 0 Å². The smallest absolute Gasteiger partial charge is 0.275 e. The van der Waals surface area contributed by atoms with Gasteiger partial charge < -0.3 is 19.9 Å². The summed E-state index contributed by atoms with van der Waals surface area (Å²) >= 11 is 0. The molecule has 1 saturated heterocycles. The largest absolute Gasteiger partial charge is 0.492 e. The number of carbonyl (C=O) groups is 1. The fourth-order valence-electron chi connectivity index (χ4n) is 3.24. The molecule has 24 heavy (non-hydrogen) atoms. The molecule has 2 rings (SSSR count). The van der Waals surface area contributed by atoms with Crippen LogP contribution in [-0.4, -0.2) is 51.3 Å². The second-order valence-electron chi connectivity index (χ2n) is 6.40. The predicted octanol–water partition coefficient (Wildman–Crippen LogP) is 1.10. The predicted molar refractivity (Wildman–Crippen MR) is 97.9 cm³/mol. The van der Waals surface area contributed by atoms with Crippen LogP contribution in [0.25, 0.3) is 0 Å². The van der Waals surface area contributed by atoms with E-state index in [0.29, 0.717) is 19.2 Å². The van der Waals surface area contributed by atoms with Crippen LogP contribution < -0.4 is 19.9 Å². The van der Waals surface area contributed by atoms with Crippen molar-refractivity contribution in [1.29, 1.82) is 0 Å². The Hall–Kier alpha value is -1.75. The second-order valence-corrected chi connectivity index (χ2v) is 6.40. The summed E-state index contributed by atoms with van der Waals surface area (Å²) in [5.74, 6) is 1.14. The van der Waals surface area contributed by atoms with E-state index in [4.69, 9.17) is 4.74 Å². The third-order valence-corrected chi connectivity index (χ3v) is 4.74. The monoisotopic (exact) mass is 334 g/mol. The average molecular weight is 334 g/mol. The van der Waals surface area contributed by atoms with Crippen LogP contribution in [0.1, 0.15) is 33.6 Å². The summed E-state index contributed by atoms with van der Waals surface area (Å²) in [7, 11) is 0. The maximum atomic E-state index is 12.2. The van der Waals surface area contributed by atoms with Gasteiger partial charge in [-0.1, -0.05) is 26.0 Å². The van der Waals surface area contributed by atoms with E-state index in [0.717, 1.165) is 44.8 Å². The number of hydrogen-bond donors (Lipinski definition) is 2. The van der Waals surface area contributed by atoms with E-state index in [1.807, 2.05) is 19.1 Å². The summed E-state index contributed by atoms with van der Waals surface area (Å²) in [5.41, 5.74) is 1.17. The Bertz CT molecular complexity index is 509. The number of anilines is 1. The van der Waals surface area contributed by atoms with Gasteiger partial charge in [-0.25, -0.2) is 0 Å². The fraction of sp³-hybridized carbons (Fsp3) is 0.632. The van der Waals surface area contributed by atoms with Gasteiger partial charge in [-0.3, -0.25) is 4.79 Å². The van der Waals surface area contributed by atoms with Gasteiger partial charge in [-0.15, -0.1) is 0 Å². The van der Waals surface area contributed by atoms with Crippen molar-refractivity contribution in [2.45, 2.75) is 39.7 Å². The van der Waals surface area contributed by atoms with E-state index < -0.39 is 0 Å². The third-order valence-electron chi connectivity index (χ3n) is 4.74. The average Bonchev–Trinajstić information content (AvgIpc) is 2.61. The lowest BCUT2D eigenvalue weighted by Gasteiger charge is -2.34. The Morgan fingerprint density at radius 3 is 2.50 bits per heavy atom. The number of piperazine rings is 1. The molecule has 0 unspecified atom stereocenters. The van der Waals surface area contributed by atoms with Gasteiger partial charge in [0.15, 0.2) is 6.54 Å². The Morgan fingerprint density at radius 1 is 1.21 bits per heavy atom. The van der Waals surface area contributed by atoms with Gasteiger partial charge in [0.2, 0.25) is 0 Å². The van der Waals surface area contributed by atoms with Crippen LogP contribution in [-0.2, 0) is 4.79 Å². The Balaban J connectivity index is 1.84. The highest BCUT2D eigenvalue weighted by atomic mass is 16.5. The molecule has 5 nitrogen and oxygen atoms in total. The highest BCUT2D eigenvalue weighted by Crippen LogP contribution is 2.27. The first kappa shape index (κ1) is 18.6. The van der Waals surface area contributed by atoms with Crippen molar-refractivity contribution in [1.82, 2.24) is 5.32 Å². The van der Waals surface area contributed by atoms with Crippen LogP contribution in [0.5, 0.6) is 5.75 Å². The van der Waals surface area contributed by atoms with E-state index in [1.54, 1.807) is 0 Å². The van der Waals surface area contributed by atoms with Crippen LogP contribution in [0.15, 0.2) is 24.3 Å². The number of nitrogens with zero attached hydrogens (tertiary/aromatic N) is 1. The number of rotatable bonds is 8. The fourth-order valence-corrected chi connectivity index (χ4v) is 3.24. The molecular weight excluding hydrogens is 302 g/mol. The van der Waals surface area contributed by atoms with E-state index in [2.05, 4.69) is 36.2 Å². The minimum absolute atomic E-state index is 0.182. The molecule has 1 aliphatic heterocycles. The number of para-hydroxylation sites is 2. The molecule has 1 heterocycles. The van der Waals surface area contributed by atoms with Gasteiger partial charge >= 0.3 is 0 Å². The zero-order valence-corrected chi connectivity index (χ0v) is 15.3. The molecule has 0 bridgehead atoms. The van der Waals surface area contributed by atoms with Crippen molar-refractivity contribution in [2.75, 3.05) is 44.2 Å². The number of quaternary nitrogens is 1. The number of amides is 1. The van der Waals surface area contributed by atoms with Crippen LogP contribution in [0.4, 0.5) is 5.69 Å². The first-order valence-corrected chi connectivity index (χ1v) is 9.27. The standard InChI is InChI=1S/C19H31N3O2/c1-4-16(5-2)20-19(23)15-21-11-13-22(14-12-21)17-9-7-8-10-18(17)24-6-3/h7-10,16H,4-6,11-15H2,1-3H3,(H,20,23)/p+1. The number of hydrogen-bond acceptors (Lipinski definition) is 3. The van der Waals surface area contributed by atoms with E-state index >= 15 is 0 Å². The summed E-state index contributed by atoms with van der Waals surface area (Å²) in [6, 6.07) is 8.53. The van der Waals surface area contributed by atoms with Crippen molar-refractivity contribution >= 4 is 11.6 Å². The molecule has 2 N–H and O–H groups in total. The minimum Gasteiger partial charge on any atom is -0.492 e. The molecular formula is C19H32N3O2+. The molecule has 5 heteroatoms. The number of benzene rings is 1. The molecule has 1 amide bonds. The molecule has 1 aromatic carbocycles. The first-order valence-electron chi connectivity index (χ1n) is 9.27. The summed E-state index contributed by atoms with van der Waals surface area (Å²) in [4.78, 5) is 15.9.